The molecule has 114 valence electrons. The molecule has 2 fully saturated rings. The molecule has 0 spiro atoms. The van der Waals surface area contributed by atoms with Gasteiger partial charge in [0.1, 0.15) is 29.9 Å². The maximum Gasteiger partial charge on any atom is 0.258 e. The molecule has 1 aromatic carbocycles. The van der Waals surface area contributed by atoms with E-state index in [9.17, 15) is 14.3 Å². The molecule has 1 amide bonds. The van der Waals surface area contributed by atoms with E-state index in [1.807, 2.05) is 0 Å². The van der Waals surface area contributed by atoms with Gasteiger partial charge >= 0.3 is 0 Å². The van der Waals surface area contributed by atoms with Crippen LogP contribution in [0.3, 0.4) is 0 Å². The maximum absolute atomic E-state index is 12.7. The second-order valence-corrected chi connectivity index (χ2v) is 5.08. The second-order valence-electron chi connectivity index (χ2n) is 5.08. The predicted molar refractivity (Wildman–Crippen MR) is 69.3 cm³/mol. The van der Waals surface area contributed by atoms with E-state index in [4.69, 9.17) is 14.2 Å². The van der Waals surface area contributed by atoms with Crippen molar-refractivity contribution in [2.45, 2.75) is 24.4 Å². The summed E-state index contributed by atoms with van der Waals surface area (Å²) in [4.78, 5) is 11.8. The van der Waals surface area contributed by atoms with Crippen molar-refractivity contribution < 1.29 is 28.5 Å². The first-order chi connectivity index (χ1) is 10.1. The Hall–Kier alpha value is -1.70. The standard InChI is InChI=1S/C14H16FNO5/c15-8-1-3-9(4-2-8)19-7-12(18)16-10-5-20-14-11(17)6-21-13(10)14/h1-4,10-11,13-14,17H,5-7H2,(H,16,18)/t10-,11+,13+,14+/m0/s1. The SMILES string of the molecule is O=C(COc1ccc(F)cc1)N[C@H]1CO[C@H]2[C@@H]1OC[C@H]2O. The number of rotatable bonds is 4. The Kier molecular flexibility index (Phi) is 4.05. The van der Waals surface area contributed by atoms with E-state index < -0.39 is 6.10 Å². The fraction of sp³-hybridized carbons (Fsp3) is 0.500. The van der Waals surface area contributed by atoms with Crippen LogP contribution in [0.2, 0.25) is 0 Å². The predicted octanol–water partition coefficient (Wildman–Crippen LogP) is -0.152. The number of amides is 1. The van der Waals surface area contributed by atoms with E-state index in [0.717, 1.165) is 0 Å². The third kappa shape index (κ3) is 3.15. The largest absolute Gasteiger partial charge is 0.484 e. The van der Waals surface area contributed by atoms with Crippen LogP contribution >= 0.6 is 0 Å². The summed E-state index contributed by atoms with van der Waals surface area (Å²) in [5, 5.41) is 12.4. The molecule has 0 radical (unpaired) electrons. The number of aliphatic hydroxyl groups is 1. The number of hydrogen-bond acceptors (Lipinski definition) is 5. The van der Waals surface area contributed by atoms with Crippen LogP contribution in [-0.4, -0.2) is 55.2 Å². The quantitative estimate of drug-likeness (QED) is 0.808. The Balaban J connectivity index is 1.47. The average Bonchev–Trinajstić information content (AvgIpc) is 3.03. The van der Waals surface area contributed by atoms with E-state index in [1.165, 1.54) is 24.3 Å². The van der Waals surface area contributed by atoms with Crippen molar-refractivity contribution in [3.8, 4) is 5.75 Å². The van der Waals surface area contributed by atoms with Crippen molar-refractivity contribution in [1.29, 1.82) is 0 Å². The van der Waals surface area contributed by atoms with Gasteiger partial charge in [0.25, 0.3) is 5.91 Å². The summed E-state index contributed by atoms with van der Waals surface area (Å²) in [6, 6.07) is 5.13. The van der Waals surface area contributed by atoms with Crippen molar-refractivity contribution in [3.05, 3.63) is 30.1 Å². The summed E-state index contributed by atoms with van der Waals surface area (Å²) in [6.07, 6.45) is -1.35. The minimum absolute atomic E-state index is 0.178. The molecule has 21 heavy (non-hydrogen) atoms. The molecule has 4 atom stereocenters. The van der Waals surface area contributed by atoms with Crippen molar-refractivity contribution >= 4 is 5.91 Å². The topological polar surface area (TPSA) is 77.0 Å². The van der Waals surface area contributed by atoms with E-state index in [2.05, 4.69) is 5.32 Å². The highest BCUT2D eigenvalue weighted by Gasteiger charge is 2.47. The highest BCUT2D eigenvalue weighted by Crippen LogP contribution is 2.26. The number of fused-ring (bicyclic) bond motifs is 1. The molecule has 2 N–H and O–H groups in total. The summed E-state index contributed by atoms with van der Waals surface area (Å²) < 4.78 is 28.8. The van der Waals surface area contributed by atoms with Crippen molar-refractivity contribution in [2.24, 2.45) is 0 Å². The summed E-state index contributed by atoms with van der Waals surface area (Å²) >= 11 is 0. The number of benzene rings is 1. The lowest BCUT2D eigenvalue weighted by molar-refractivity contribution is -0.124. The van der Waals surface area contributed by atoms with Gasteiger partial charge in [-0.2, -0.15) is 0 Å². The van der Waals surface area contributed by atoms with Gasteiger partial charge in [-0.05, 0) is 24.3 Å². The molecular formula is C14H16FNO5. The summed E-state index contributed by atoms with van der Waals surface area (Å²) in [6.45, 7) is 0.338. The van der Waals surface area contributed by atoms with Crippen LogP contribution in [0, 0.1) is 5.82 Å². The molecule has 2 aliphatic rings. The van der Waals surface area contributed by atoms with Crippen LogP contribution < -0.4 is 10.1 Å². The Morgan fingerprint density at radius 3 is 2.76 bits per heavy atom. The van der Waals surface area contributed by atoms with Gasteiger partial charge in [-0.3, -0.25) is 4.79 Å². The number of aliphatic hydroxyl groups excluding tert-OH is 1. The molecule has 1 aromatic rings. The molecule has 2 aliphatic heterocycles. The smallest absolute Gasteiger partial charge is 0.258 e. The number of hydrogen-bond donors (Lipinski definition) is 2. The van der Waals surface area contributed by atoms with E-state index in [1.54, 1.807) is 0 Å². The van der Waals surface area contributed by atoms with Gasteiger partial charge < -0.3 is 24.6 Å². The maximum atomic E-state index is 12.7. The van der Waals surface area contributed by atoms with Gasteiger partial charge in [0.2, 0.25) is 0 Å². The number of halogens is 1. The average molecular weight is 297 g/mol. The molecule has 0 aromatic heterocycles. The van der Waals surface area contributed by atoms with Gasteiger partial charge in [-0.25, -0.2) is 4.39 Å². The zero-order valence-corrected chi connectivity index (χ0v) is 11.2. The summed E-state index contributed by atoms with van der Waals surface area (Å²) in [5.74, 6) is -0.268. The van der Waals surface area contributed by atoms with Gasteiger partial charge in [0.05, 0.1) is 19.3 Å². The van der Waals surface area contributed by atoms with Gasteiger partial charge in [0, 0.05) is 0 Å². The lowest BCUT2D eigenvalue weighted by atomic mass is 10.1. The number of ether oxygens (including phenoxy) is 3. The van der Waals surface area contributed by atoms with Gasteiger partial charge in [-0.1, -0.05) is 0 Å². The Morgan fingerprint density at radius 2 is 2.00 bits per heavy atom. The van der Waals surface area contributed by atoms with Crippen LogP contribution in [0.5, 0.6) is 5.75 Å². The van der Waals surface area contributed by atoms with Crippen molar-refractivity contribution in [1.82, 2.24) is 5.32 Å². The molecule has 3 rings (SSSR count). The van der Waals surface area contributed by atoms with Crippen LogP contribution in [0.4, 0.5) is 4.39 Å². The first-order valence-corrected chi connectivity index (χ1v) is 6.72. The first kappa shape index (κ1) is 14.2. The Morgan fingerprint density at radius 1 is 1.29 bits per heavy atom. The van der Waals surface area contributed by atoms with Crippen LogP contribution in [-0.2, 0) is 14.3 Å². The van der Waals surface area contributed by atoms with E-state index in [0.29, 0.717) is 12.4 Å². The minimum atomic E-state index is -0.646. The zero-order valence-electron chi connectivity index (χ0n) is 11.2. The van der Waals surface area contributed by atoms with Crippen molar-refractivity contribution in [3.63, 3.8) is 0 Å². The van der Waals surface area contributed by atoms with Gasteiger partial charge in [-0.15, -0.1) is 0 Å². The molecule has 0 bridgehead atoms. The third-order valence-corrected chi connectivity index (χ3v) is 3.56. The van der Waals surface area contributed by atoms with Crippen LogP contribution in [0.15, 0.2) is 24.3 Å². The monoisotopic (exact) mass is 297 g/mol. The lowest BCUT2D eigenvalue weighted by Gasteiger charge is -2.17. The number of nitrogens with one attached hydrogen (secondary N) is 1. The molecular weight excluding hydrogens is 281 g/mol. The fourth-order valence-corrected chi connectivity index (χ4v) is 2.53. The molecule has 7 heteroatoms. The Labute approximate surface area is 120 Å². The molecule has 6 nitrogen and oxygen atoms in total. The lowest BCUT2D eigenvalue weighted by Crippen LogP contribution is -2.45. The van der Waals surface area contributed by atoms with Crippen LogP contribution in [0.25, 0.3) is 0 Å². The molecule has 2 heterocycles. The van der Waals surface area contributed by atoms with Gasteiger partial charge in [0.15, 0.2) is 6.61 Å². The first-order valence-electron chi connectivity index (χ1n) is 6.72. The molecule has 0 unspecified atom stereocenters. The van der Waals surface area contributed by atoms with Crippen molar-refractivity contribution in [2.75, 3.05) is 19.8 Å². The molecule has 0 aliphatic carbocycles. The fourth-order valence-electron chi connectivity index (χ4n) is 2.53. The third-order valence-electron chi connectivity index (χ3n) is 3.56. The van der Waals surface area contributed by atoms with E-state index >= 15 is 0 Å². The zero-order chi connectivity index (χ0) is 14.8. The normalized spacial score (nSPS) is 31.0. The number of carbonyl (C=O) groups is 1. The second kappa shape index (κ2) is 5.97. The van der Waals surface area contributed by atoms with E-state index in [-0.39, 0.29) is 43.2 Å². The summed E-state index contributed by atoms with van der Waals surface area (Å²) in [5.41, 5.74) is 0. The Bertz CT molecular complexity index is 509. The highest BCUT2D eigenvalue weighted by atomic mass is 19.1. The molecule has 2 saturated heterocycles. The summed E-state index contributed by atoms with van der Waals surface area (Å²) in [7, 11) is 0. The highest BCUT2D eigenvalue weighted by molar-refractivity contribution is 5.78. The van der Waals surface area contributed by atoms with Crippen LogP contribution in [0.1, 0.15) is 0 Å². The number of carbonyl (C=O) groups excluding carboxylic acids is 1. The minimum Gasteiger partial charge on any atom is -0.484 e. The molecule has 0 saturated carbocycles.